The second-order valence-corrected chi connectivity index (χ2v) is 5.58. The Morgan fingerprint density at radius 1 is 1.47 bits per heavy atom. The van der Waals surface area contributed by atoms with Gasteiger partial charge in [0, 0.05) is 30.8 Å². The molecule has 100 valence electrons. The summed E-state index contributed by atoms with van der Waals surface area (Å²) in [6.07, 6.45) is 2.35. The number of carbonyl (C=O) groups is 1. The average Bonchev–Trinajstić information content (AvgIpc) is 2.36. The highest BCUT2D eigenvalue weighted by atomic mass is 16.1. The molecule has 0 spiro atoms. The maximum Gasteiger partial charge on any atom is 0.224 e. The highest BCUT2D eigenvalue weighted by Gasteiger charge is 2.33. The molecule has 1 aromatic rings. The van der Waals surface area contributed by atoms with E-state index in [1.807, 2.05) is 19.2 Å². The van der Waals surface area contributed by atoms with E-state index in [-0.39, 0.29) is 11.9 Å². The van der Waals surface area contributed by atoms with Crippen LogP contribution < -0.4 is 10.2 Å². The third-order valence-electron chi connectivity index (χ3n) is 3.90. The van der Waals surface area contributed by atoms with Crippen LogP contribution in [0.5, 0.6) is 0 Å². The Balaban J connectivity index is 2.16. The summed E-state index contributed by atoms with van der Waals surface area (Å²) >= 11 is 0. The molecular formula is C15H19N3O. The molecule has 1 amide bonds. The van der Waals surface area contributed by atoms with Gasteiger partial charge in [-0.25, -0.2) is 4.98 Å². The molecule has 3 rings (SSSR count). The topological polar surface area (TPSA) is 45.2 Å². The van der Waals surface area contributed by atoms with Crippen molar-refractivity contribution in [2.45, 2.75) is 39.3 Å². The van der Waals surface area contributed by atoms with Crippen LogP contribution in [0.25, 0.3) is 5.57 Å². The number of hydrogen-bond donors (Lipinski definition) is 1. The van der Waals surface area contributed by atoms with Gasteiger partial charge in [0.1, 0.15) is 5.82 Å². The predicted octanol–water partition coefficient (Wildman–Crippen LogP) is 1.97. The standard InChI is InChI=1S/C15H19N3O/c1-9(2)18-8-11-7-13(19)17-10(3)14(11)12-5-4-6-16-15(12)18/h4-6,9-10H,7-8H2,1-3H3,(H,17,19). The Morgan fingerprint density at radius 3 is 3.00 bits per heavy atom. The molecule has 0 saturated heterocycles. The average molecular weight is 257 g/mol. The smallest absolute Gasteiger partial charge is 0.224 e. The van der Waals surface area contributed by atoms with Crippen molar-refractivity contribution in [3.05, 3.63) is 29.5 Å². The zero-order chi connectivity index (χ0) is 13.6. The Morgan fingerprint density at radius 2 is 2.26 bits per heavy atom. The Labute approximate surface area is 113 Å². The fourth-order valence-corrected chi connectivity index (χ4v) is 3.07. The van der Waals surface area contributed by atoms with Gasteiger partial charge in [-0.15, -0.1) is 0 Å². The summed E-state index contributed by atoms with van der Waals surface area (Å²) in [5.74, 6) is 1.17. The lowest BCUT2D eigenvalue weighted by Crippen LogP contribution is -2.45. The van der Waals surface area contributed by atoms with E-state index in [1.165, 1.54) is 16.7 Å². The minimum Gasteiger partial charge on any atom is -0.350 e. The minimum atomic E-state index is 0.0773. The van der Waals surface area contributed by atoms with Crippen molar-refractivity contribution in [2.75, 3.05) is 11.4 Å². The highest BCUT2D eigenvalue weighted by molar-refractivity contribution is 5.93. The molecule has 0 radical (unpaired) electrons. The zero-order valence-corrected chi connectivity index (χ0v) is 11.6. The van der Waals surface area contributed by atoms with Crippen molar-refractivity contribution in [1.82, 2.24) is 10.3 Å². The summed E-state index contributed by atoms with van der Waals surface area (Å²) in [5.41, 5.74) is 3.68. The number of carbonyl (C=O) groups excluding carboxylic acids is 1. The Hall–Kier alpha value is -1.84. The Bertz CT molecular complexity index is 562. The van der Waals surface area contributed by atoms with Crippen LogP contribution in [0, 0.1) is 0 Å². The fourth-order valence-electron chi connectivity index (χ4n) is 3.07. The van der Waals surface area contributed by atoms with Crippen LogP contribution in [0.2, 0.25) is 0 Å². The normalized spacial score (nSPS) is 22.2. The lowest BCUT2D eigenvalue weighted by molar-refractivity contribution is -0.121. The molecule has 0 saturated carbocycles. The van der Waals surface area contributed by atoms with Crippen molar-refractivity contribution in [2.24, 2.45) is 0 Å². The quantitative estimate of drug-likeness (QED) is 0.836. The second kappa shape index (κ2) is 4.37. The van der Waals surface area contributed by atoms with Gasteiger partial charge in [-0.3, -0.25) is 4.79 Å². The first kappa shape index (κ1) is 12.2. The van der Waals surface area contributed by atoms with Gasteiger partial charge in [-0.05, 0) is 44.1 Å². The van der Waals surface area contributed by atoms with Crippen molar-refractivity contribution in [1.29, 1.82) is 0 Å². The molecule has 1 aromatic heterocycles. The molecule has 0 aliphatic carbocycles. The first-order valence-electron chi connectivity index (χ1n) is 6.81. The molecule has 1 atom stereocenters. The molecule has 2 aliphatic heterocycles. The molecule has 2 aliphatic rings. The molecule has 0 bridgehead atoms. The van der Waals surface area contributed by atoms with E-state index in [9.17, 15) is 4.79 Å². The van der Waals surface area contributed by atoms with E-state index >= 15 is 0 Å². The number of hydrogen-bond acceptors (Lipinski definition) is 3. The molecule has 19 heavy (non-hydrogen) atoms. The number of aromatic nitrogens is 1. The number of anilines is 1. The lowest BCUT2D eigenvalue weighted by Gasteiger charge is -2.39. The van der Waals surface area contributed by atoms with Crippen LogP contribution in [0.3, 0.4) is 0 Å². The van der Waals surface area contributed by atoms with Gasteiger partial charge >= 0.3 is 0 Å². The van der Waals surface area contributed by atoms with Crippen LogP contribution in [0.15, 0.2) is 23.9 Å². The van der Waals surface area contributed by atoms with E-state index in [0.29, 0.717) is 12.5 Å². The van der Waals surface area contributed by atoms with Crippen LogP contribution in [0.1, 0.15) is 32.8 Å². The number of nitrogens with zero attached hydrogens (tertiary/aromatic N) is 2. The zero-order valence-electron chi connectivity index (χ0n) is 11.6. The summed E-state index contributed by atoms with van der Waals surface area (Å²) in [4.78, 5) is 18.6. The number of pyridine rings is 1. The molecule has 0 fully saturated rings. The van der Waals surface area contributed by atoms with Crippen molar-refractivity contribution >= 4 is 17.3 Å². The SMILES string of the molecule is CC1NC(=O)CC2=C1c1cccnc1N(C(C)C)C2. The summed E-state index contributed by atoms with van der Waals surface area (Å²) in [6, 6.07) is 4.54. The number of rotatable bonds is 1. The monoisotopic (exact) mass is 257 g/mol. The summed E-state index contributed by atoms with van der Waals surface area (Å²) in [5, 5.41) is 3.02. The van der Waals surface area contributed by atoms with E-state index in [2.05, 4.69) is 35.1 Å². The number of fused-ring (bicyclic) bond motifs is 2. The van der Waals surface area contributed by atoms with Gasteiger partial charge in [0.15, 0.2) is 0 Å². The van der Waals surface area contributed by atoms with Crippen molar-refractivity contribution < 1.29 is 4.79 Å². The highest BCUT2D eigenvalue weighted by Crippen LogP contribution is 2.38. The number of nitrogens with one attached hydrogen (secondary N) is 1. The molecule has 4 heteroatoms. The third kappa shape index (κ3) is 1.91. The molecule has 3 heterocycles. The lowest BCUT2D eigenvalue weighted by atomic mass is 9.86. The second-order valence-electron chi connectivity index (χ2n) is 5.58. The van der Waals surface area contributed by atoms with Gasteiger partial charge in [-0.1, -0.05) is 0 Å². The van der Waals surface area contributed by atoms with Gasteiger partial charge < -0.3 is 10.2 Å². The van der Waals surface area contributed by atoms with Crippen molar-refractivity contribution in [3.63, 3.8) is 0 Å². The first-order valence-corrected chi connectivity index (χ1v) is 6.81. The van der Waals surface area contributed by atoms with Gasteiger partial charge in [0.25, 0.3) is 0 Å². The molecule has 0 aromatic carbocycles. The maximum absolute atomic E-state index is 11.7. The van der Waals surface area contributed by atoms with Crippen molar-refractivity contribution in [3.8, 4) is 0 Å². The van der Waals surface area contributed by atoms with Gasteiger partial charge in [0.2, 0.25) is 5.91 Å². The predicted molar refractivity (Wildman–Crippen MR) is 75.9 cm³/mol. The van der Waals surface area contributed by atoms with Crippen LogP contribution in [-0.2, 0) is 4.79 Å². The summed E-state index contributed by atoms with van der Waals surface area (Å²) in [6.45, 7) is 7.19. The molecule has 1 N–H and O–H groups in total. The van der Waals surface area contributed by atoms with E-state index in [1.54, 1.807) is 0 Å². The van der Waals surface area contributed by atoms with Gasteiger partial charge in [-0.2, -0.15) is 0 Å². The van der Waals surface area contributed by atoms with Crippen LogP contribution in [-0.4, -0.2) is 29.5 Å². The maximum atomic E-state index is 11.7. The largest absolute Gasteiger partial charge is 0.350 e. The van der Waals surface area contributed by atoms with Crippen LogP contribution in [0.4, 0.5) is 5.82 Å². The minimum absolute atomic E-state index is 0.0773. The Kier molecular flexibility index (Phi) is 2.81. The summed E-state index contributed by atoms with van der Waals surface area (Å²) < 4.78 is 0. The summed E-state index contributed by atoms with van der Waals surface area (Å²) in [7, 11) is 0. The van der Waals surface area contributed by atoms with E-state index in [4.69, 9.17) is 0 Å². The molecule has 1 unspecified atom stereocenters. The third-order valence-corrected chi connectivity index (χ3v) is 3.90. The first-order chi connectivity index (χ1) is 9.08. The van der Waals surface area contributed by atoms with E-state index in [0.717, 1.165) is 12.4 Å². The molecule has 4 nitrogen and oxygen atoms in total. The molecular weight excluding hydrogens is 238 g/mol. The van der Waals surface area contributed by atoms with E-state index < -0.39 is 0 Å². The van der Waals surface area contributed by atoms with Crippen LogP contribution >= 0.6 is 0 Å². The van der Waals surface area contributed by atoms with Gasteiger partial charge in [0.05, 0.1) is 6.04 Å². The fraction of sp³-hybridized carbons (Fsp3) is 0.467. The number of amides is 1.